The molecule has 1 aromatic rings. The molecule has 1 aromatic carbocycles. The molecule has 27 heavy (non-hydrogen) atoms. The van der Waals surface area contributed by atoms with Crippen molar-refractivity contribution in [3.05, 3.63) is 44.5 Å². The molecule has 0 saturated carbocycles. The Morgan fingerprint density at radius 1 is 1.22 bits per heavy atom. The summed E-state index contributed by atoms with van der Waals surface area (Å²) in [7, 11) is 0. The van der Waals surface area contributed by atoms with Gasteiger partial charge in [-0.1, -0.05) is 0 Å². The molecule has 1 saturated heterocycles. The zero-order chi connectivity index (χ0) is 19.7. The van der Waals surface area contributed by atoms with Gasteiger partial charge in [0.25, 0.3) is 10.8 Å². The van der Waals surface area contributed by atoms with Gasteiger partial charge in [0.15, 0.2) is 0 Å². The Morgan fingerprint density at radius 3 is 2.26 bits per heavy atom. The number of amides is 1. The van der Waals surface area contributed by atoms with Gasteiger partial charge in [0, 0.05) is 51.4 Å². The number of nitrogens with zero attached hydrogens (tertiary/aromatic N) is 3. The summed E-state index contributed by atoms with van der Waals surface area (Å²) in [6.07, 6.45) is -0.674. The summed E-state index contributed by atoms with van der Waals surface area (Å²) in [5.74, 6) is 0.181. The van der Waals surface area contributed by atoms with Crippen LogP contribution in [-0.4, -0.2) is 56.7 Å². The summed E-state index contributed by atoms with van der Waals surface area (Å²) in [5, 5.41) is 32.7. The summed E-state index contributed by atoms with van der Waals surface area (Å²) in [5.41, 5.74) is -0.103. The fourth-order valence-corrected chi connectivity index (χ4v) is 2.21. The van der Waals surface area contributed by atoms with Crippen LogP contribution in [0.25, 0.3) is 0 Å². The minimum Gasteiger partial charge on any atom is -0.450 e. The molecule has 14 heteroatoms. The van der Waals surface area contributed by atoms with Crippen molar-refractivity contribution >= 4 is 17.9 Å². The van der Waals surface area contributed by atoms with Gasteiger partial charge >= 0.3 is 12.2 Å². The number of carbonyl (C=O) groups is 2. The topological polar surface area (TPSA) is 183 Å². The van der Waals surface area contributed by atoms with Crippen LogP contribution >= 0.6 is 0 Å². The molecule has 1 aliphatic rings. The summed E-state index contributed by atoms with van der Waals surface area (Å²) in [4.78, 5) is 42.2. The van der Waals surface area contributed by atoms with Gasteiger partial charge in [-0.3, -0.25) is 10.1 Å². The molecular weight excluding hydrogens is 447 g/mol. The van der Waals surface area contributed by atoms with E-state index < -0.39 is 22.3 Å². The van der Waals surface area contributed by atoms with Crippen LogP contribution in [0.4, 0.5) is 15.3 Å². The van der Waals surface area contributed by atoms with Crippen molar-refractivity contribution in [3.63, 3.8) is 0 Å². The average Bonchev–Trinajstić information content (AvgIpc) is 3.01. The largest absolute Gasteiger partial charge is 0.505 e. The van der Waals surface area contributed by atoms with Crippen LogP contribution in [0.1, 0.15) is 12.8 Å². The van der Waals surface area contributed by atoms with Gasteiger partial charge in [-0.05, 0) is 25.0 Å². The van der Waals surface area contributed by atoms with E-state index >= 15 is 0 Å². The van der Waals surface area contributed by atoms with E-state index in [1.807, 2.05) is 0 Å². The quantitative estimate of drug-likeness (QED) is 0.381. The maximum absolute atomic E-state index is 12.1. The smallest absolute Gasteiger partial charge is 0.450 e. The first-order valence-electron chi connectivity index (χ1n) is 7.12. The molecule has 0 aliphatic carbocycles. The number of non-ortho nitro benzene ring substituents is 1. The van der Waals surface area contributed by atoms with E-state index in [2.05, 4.69) is 4.74 Å². The SMILES string of the molecule is O=C(O)OCC1CCCN1C(=O)Oc1ccc([N+](=O)[O-])cc1.O=[N+]([O-])O.[Y]. The first kappa shape index (κ1) is 24.5. The van der Waals surface area contributed by atoms with Crippen molar-refractivity contribution in [2.75, 3.05) is 13.2 Å². The average molecular weight is 462 g/mol. The Balaban J connectivity index is 0.00000123. The number of carbonyl (C=O) groups excluding carboxylic acids is 1. The van der Waals surface area contributed by atoms with Crippen LogP contribution in [0.15, 0.2) is 24.3 Å². The van der Waals surface area contributed by atoms with Crippen molar-refractivity contribution in [3.8, 4) is 5.75 Å². The van der Waals surface area contributed by atoms with Gasteiger partial charge in [0.1, 0.15) is 12.4 Å². The number of nitro benzene ring substituents is 1. The zero-order valence-electron chi connectivity index (χ0n) is 13.8. The summed E-state index contributed by atoms with van der Waals surface area (Å²) in [6.45, 7) is 0.337. The third-order valence-corrected chi connectivity index (χ3v) is 3.26. The van der Waals surface area contributed by atoms with Crippen molar-refractivity contribution in [2.45, 2.75) is 18.9 Å². The molecule has 2 rings (SSSR count). The van der Waals surface area contributed by atoms with E-state index in [4.69, 9.17) is 25.2 Å². The van der Waals surface area contributed by atoms with Crippen molar-refractivity contribution in [2.24, 2.45) is 0 Å². The van der Waals surface area contributed by atoms with Crippen molar-refractivity contribution in [1.29, 1.82) is 0 Å². The van der Waals surface area contributed by atoms with Crippen LogP contribution in [-0.2, 0) is 37.4 Å². The Labute approximate surface area is 177 Å². The number of benzene rings is 1. The predicted molar refractivity (Wildman–Crippen MR) is 81.6 cm³/mol. The number of hydrogen-bond acceptors (Lipinski definition) is 8. The second-order valence-electron chi connectivity index (χ2n) is 4.92. The third kappa shape index (κ3) is 9.10. The number of carboxylic acid groups (broad SMARTS) is 1. The van der Waals surface area contributed by atoms with E-state index in [9.17, 15) is 19.7 Å². The van der Waals surface area contributed by atoms with Crippen molar-refractivity contribution in [1.82, 2.24) is 4.90 Å². The van der Waals surface area contributed by atoms with Gasteiger partial charge in [-0.2, -0.15) is 0 Å². The molecule has 1 amide bonds. The molecule has 0 aromatic heterocycles. The fraction of sp³-hybridized carbons (Fsp3) is 0.385. The second kappa shape index (κ2) is 12.0. The summed E-state index contributed by atoms with van der Waals surface area (Å²) in [6, 6.07) is 4.76. The number of hydrogen-bond donors (Lipinski definition) is 2. The monoisotopic (exact) mass is 462 g/mol. The molecule has 0 bridgehead atoms. The normalized spacial score (nSPS) is 14.8. The Kier molecular flexibility index (Phi) is 10.8. The van der Waals surface area contributed by atoms with Crippen LogP contribution in [0.2, 0.25) is 0 Å². The number of likely N-dealkylation sites (tertiary alicyclic amines) is 1. The van der Waals surface area contributed by atoms with E-state index in [1.54, 1.807) is 0 Å². The molecular formula is C13H15N3O10Y. The fourth-order valence-electron chi connectivity index (χ4n) is 2.21. The van der Waals surface area contributed by atoms with E-state index in [0.29, 0.717) is 13.0 Å². The summed E-state index contributed by atoms with van der Waals surface area (Å²) < 4.78 is 9.62. The number of ether oxygens (including phenoxy) is 2. The number of rotatable bonds is 4. The zero-order valence-corrected chi connectivity index (χ0v) is 16.6. The molecule has 145 valence electrons. The van der Waals surface area contributed by atoms with Crippen LogP contribution in [0.3, 0.4) is 0 Å². The first-order chi connectivity index (χ1) is 12.2. The molecule has 1 fully saturated rings. The maximum atomic E-state index is 12.1. The Hall–Kier alpha value is -2.54. The molecule has 0 spiro atoms. The third-order valence-electron chi connectivity index (χ3n) is 3.26. The molecule has 1 aliphatic heterocycles. The van der Waals surface area contributed by atoms with Crippen molar-refractivity contribution < 1.29 is 72.1 Å². The molecule has 1 radical (unpaired) electrons. The van der Waals surface area contributed by atoms with Crippen LogP contribution < -0.4 is 4.74 Å². The Bertz CT molecular complexity index is 665. The van der Waals surface area contributed by atoms with Gasteiger partial charge < -0.3 is 24.7 Å². The van der Waals surface area contributed by atoms with E-state index in [1.165, 1.54) is 29.2 Å². The molecule has 13 nitrogen and oxygen atoms in total. The molecule has 1 heterocycles. The Morgan fingerprint density at radius 2 is 1.78 bits per heavy atom. The van der Waals surface area contributed by atoms with Crippen LogP contribution in [0, 0.1) is 20.2 Å². The minimum atomic E-state index is -1.50. The van der Waals surface area contributed by atoms with Gasteiger partial charge in [-0.15, -0.1) is 10.1 Å². The standard InChI is InChI=1S/C13H14N2O7.HNO3.Y/c16-12(14-7-1-2-10(14)8-21-13(17)18)22-11-5-3-9(4-6-11)15(19)20;2-1(3)4;/h3-6,10H,1-2,7-8H2,(H,17,18);(H,2,3,4);. The second-order valence-corrected chi connectivity index (χ2v) is 4.92. The maximum Gasteiger partial charge on any atom is 0.505 e. The summed E-state index contributed by atoms with van der Waals surface area (Å²) >= 11 is 0. The van der Waals surface area contributed by atoms with Gasteiger partial charge in [-0.25, -0.2) is 9.59 Å². The van der Waals surface area contributed by atoms with Crippen LogP contribution in [0.5, 0.6) is 5.75 Å². The van der Waals surface area contributed by atoms with Gasteiger partial charge in [0.2, 0.25) is 0 Å². The first-order valence-corrected chi connectivity index (χ1v) is 7.12. The van der Waals surface area contributed by atoms with E-state index in [0.717, 1.165) is 6.42 Å². The number of nitro groups is 1. The molecule has 2 N–H and O–H groups in total. The van der Waals surface area contributed by atoms with Gasteiger partial charge in [0.05, 0.1) is 11.0 Å². The molecule has 1 atom stereocenters. The minimum absolute atomic E-state index is 0. The van der Waals surface area contributed by atoms with E-state index in [-0.39, 0.29) is 56.8 Å². The molecule has 1 unspecified atom stereocenters. The predicted octanol–water partition coefficient (Wildman–Crippen LogP) is 1.90.